The third kappa shape index (κ3) is 0.938. The molecule has 0 spiro atoms. The Morgan fingerprint density at radius 1 is 2.00 bits per heavy atom. The van der Waals surface area contributed by atoms with E-state index in [0.717, 1.165) is 6.54 Å². The number of alkyl halides is 1. The fourth-order valence-electron chi connectivity index (χ4n) is 0.464. The summed E-state index contributed by atoms with van der Waals surface area (Å²) in [5, 5.41) is 0. The van der Waals surface area contributed by atoms with Gasteiger partial charge in [0.2, 0.25) is 0 Å². The lowest BCUT2D eigenvalue weighted by Gasteiger charge is -2.09. The summed E-state index contributed by atoms with van der Waals surface area (Å²) in [5.41, 5.74) is 0. The Balaban J connectivity index is 2.45. The molecule has 0 radical (unpaired) electrons. The molecule has 7 heavy (non-hydrogen) atoms. The predicted octanol–water partition coefficient (Wildman–Crippen LogP) is 0.681. The SMILES string of the molecule is CN1C=NCC1Br. The molecule has 3 heteroatoms. The maximum Gasteiger partial charge on any atom is 0.105 e. The highest BCUT2D eigenvalue weighted by atomic mass is 79.9. The van der Waals surface area contributed by atoms with E-state index in [9.17, 15) is 0 Å². The molecule has 0 aromatic rings. The van der Waals surface area contributed by atoms with Gasteiger partial charge in [-0.1, -0.05) is 15.9 Å². The topological polar surface area (TPSA) is 15.6 Å². The fourth-order valence-corrected chi connectivity index (χ4v) is 0.737. The third-order valence-corrected chi connectivity index (χ3v) is 1.90. The molecule has 0 aliphatic carbocycles. The van der Waals surface area contributed by atoms with E-state index in [0.29, 0.717) is 4.95 Å². The zero-order valence-electron chi connectivity index (χ0n) is 4.13. The third-order valence-electron chi connectivity index (χ3n) is 0.962. The number of hydrogen-bond acceptors (Lipinski definition) is 2. The van der Waals surface area contributed by atoms with Crippen LogP contribution in [-0.4, -0.2) is 29.8 Å². The molecule has 1 atom stereocenters. The first-order chi connectivity index (χ1) is 3.30. The Morgan fingerprint density at radius 2 is 2.71 bits per heavy atom. The molecule has 0 bridgehead atoms. The van der Waals surface area contributed by atoms with Gasteiger partial charge in [-0.2, -0.15) is 0 Å². The minimum absolute atomic E-state index is 0.437. The molecule has 0 N–H and O–H groups in total. The van der Waals surface area contributed by atoms with Crippen molar-refractivity contribution >= 4 is 22.3 Å². The number of likely N-dealkylation sites (N-methyl/N-ethyl adjacent to an activating group) is 1. The highest BCUT2D eigenvalue weighted by molar-refractivity contribution is 9.09. The number of rotatable bonds is 0. The smallest absolute Gasteiger partial charge is 0.105 e. The molecular formula is C4H7BrN2. The normalized spacial score (nSPS) is 29.4. The summed E-state index contributed by atoms with van der Waals surface area (Å²) in [7, 11) is 2.00. The fraction of sp³-hybridized carbons (Fsp3) is 0.750. The zero-order valence-corrected chi connectivity index (χ0v) is 5.72. The number of hydrogen-bond donors (Lipinski definition) is 0. The molecule has 0 aromatic carbocycles. The van der Waals surface area contributed by atoms with Crippen LogP contribution in [0.1, 0.15) is 0 Å². The van der Waals surface area contributed by atoms with Crippen LogP contribution in [0.4, 0.5) is 0 Å². The predicted molar refractivity (Wildman–Crippen MR) is 33.8 cm³/mol. The van der Waals surface area contributed by atoms with Gasteiger partial charge in [-0.05, 0) is 0 Å². The van der Waals surface area contributed by atoms with Gasteiger partial charge in [0.15, 0.2) is 0 Å². The number of aliphatic imine (C=N–C) groups is 1. The minimum atomic E-state index is 0.437. The van der Waals surface area contributed by atoms with E-state index < -0.39 is 0 Å². The summed E-state index contributed by atoms with van der Waals surface area (Å²) >= 11 is 3.40. The van der Waals surface area contributed by atoms with Crippen LogP contribution in [0.5, 0.6) is 0 Å². The number of nitrogens with zero attached hydrogens (tertiary/aromatic N) is 2. The summed E-state index contributed by atoms with van der Waals surface area (Å²) < 4.78 is 0. The molecule has 1 rings (SSSR count). The number of halogens is 1. The average Bonchev–Trinajstić information content (AvgIpc) is 1.91. The van der Waals surface area contributed by atoms with Gasteiger partial charge in [-0.3, -0.25) is 4.99 Å². The van der Waals surface area contributed by atoms with E-state index in [1.165, 1.54) is 0 Å². The van der Waals surface area contributed by atoms with Crippen molar-refractivity contribution in [3.05, 3.63) is 0 Å². The highest BCUT2D eigenvalue weighted by Gasteiger charge is 2.10. The largest absolute Gasteiger partial charge is 0.351 e. The van der Waals surface area contributed by atoms with Crippen molar-refractivity contribution < 1.29 is 0 Å². The van der Waals surface area contributed by atoms with E-state index in [1.807, 2.05) is 18.3 Å². The van der Waals surface area contributed by atoms with Crippen molar-refractivity contribution in [2.45, 2.75) is 4.95 Å². The molecule has 0 saturated heterocycles. The van der Waals surface area contributed by atoms with Crippen LogP contribution in [-0.2, 0) is 0 Å². The second-order valence-electron chi connectivity index (χ2n) is 1.58. The van der Waals surface area contributed by atoms with Crippen LogP contribution in [0.25, 0.3) is 0 Å². The molecule has 2 nitrogen and oxygen atoms in total. The Hall–Kier alpha value is -0.0500. The molecule has 0 saturated carbocycles. The monoisotopic (exact) mass is 162 g/mol. The lowest BCUT2D eigenvalue weighted by Crippen LogP contribution is -2.20. The minimum Gasteiger partial charge on any atom is -0.351 e. The molecular weight excluding hydrogens is 156 g/mol. The second kappa shape index (κ2) is 1.82. The van der Waals surface area contributed by atoms with E-state index >= 15 is 0 Å². The van der Waals surface area contributed by atoms with Crippen LogP contribution in [0.2, 0.25) is 0 Å². The lowest BCUT2D eigenvalue weighted by molar-refractivity contribution is 0.537. The summed E-state index contributed by atoms with van der Waals surface area (Å²) in [6.07, 6.45) is 1.83. The maximum absolute atomic E-state index is 4.00. The first-order valence-corrected chi connectivity index (χ1v) is 3.08. The van der Waals surface area contributed by atoms with E-state index in [4.69, 9.17) is 0 Å². The van der Waals surface area contributed by atoms with Crippen molar-refractivity contribution in [1.82, 2.24) is 4.90 Å². The zero-order chi connectivity index (χ0) is 5.28. The van der Waals surface area contributed by atoms with Crippen LogP contribution >= 0.6 is 15.9 Å². The summed E-state index contributed by atoms with van der Waals surface area (Å²) in [5.74, 6) is 0. The molecule has 1 aliphatic rings. The Bertz CT molecular complexity index is 91.7. The summed E-state index contributed by atoms with van der Waals surface area (Å²) in [4.78, 5) is 6.46. The van der Waals surface area contributed by atoms with Crippen molar-refractivity contribution in [3.8, 4) is 0 Å². The second-order valence-corrected chi connectivity index (χ2v) is 2.64. The standard InChI is InChI=1S/C4H7BrN2/c1-7-3-6-2-4(7)5/h3-4H,2H2,1H3. The van der Waals surface area contributed by atoms with Crippen molar-refractivity contribution in [1.29, 1.82) is 0 Å². The van der Waals surface area contributed by atoms with Crippen molar-refractivity contribution in [3.63, 3.8) is 0 Å². The van der Waals surface area contributed by atoms with Gasteiger partial charge in [0.1, 0.15) is 4.95 Å². The first-order valence-electron chi connectivity index (χ1n) is 2.16. The highest BCUT2D eigenvalue weighted by Crippen LogP contribution is 2.07. The molecule has 1 unspecified atom stereocenters. The molecule has 1 aliphatic heterocycles. The first kappa shape index (κ1) is 5.09. The van der Waals surface area contributed by atoms with Gasteiger partial charge >= 0.3 is 0 Å². The van der Waals surface area contributed by atoms with Crippen molar-refractivity contribution in [2.24, 2.45) is 4.99 Å². The molecule has 0 aromatic heterocycles. The summed E-state index contributed by atoms with van der Waals surface area (Å²) in [6.45, 7) is 0.885. The Labute approximate surface area is 51.4 Å². The Morgan fingerprint density at radius 3 is 2.86 bits per heavy atom. The quantitative estimate of drug-likeness (QED) is 0.378. The van der Waals surface area contributed by atoms with Gasteiger partial charge < -0.3 is 4.90 Å². The van der Waals surface area contributed by atoms with Crippen molar-refractivity contribution in [2.75, 3.05) is 13.6 Å². The van der Waals surface area contributed by atoms with E-state index in [-0.39, 0.29) is 0 Å². The van der Waals surface area contributed by atoms with Gasteiger partial charge in [0.05, 0.1) is 12.9 Å². The van der Waals surface area contributed by atoms with Crippen LogP contribution in [0.15, 0.2) is 4.99 Å². The van der Waals surface area contributed by atoms with Gasteiger partial charge in [0.25, 0.3) is 0 Å². The molecule has 0 amide bonds. The molecule has 40 valence electrons. The summed E-state index contributed by atoms with van der Waals surface area (Å²) in [6, 6.07) is 0. The molecule has 1 heterocycles. The average molecular weight is 163 g/mol. The van der Waals surface area contributed by atoms with Crippen LogP contribution < -0.4 is 0 Å². The van der Waals surface area contributed by atoms with Gasteiger partial charge in [-0.25, -0.2) is 0 Å². The van der Waals surface area contributed by atoms with Gasteiger partial charge in [-0.15, -0.1) is 0 Å². The maximum atomic E-state index is 4.00. The lowest BCUT2D eigenvalue weighted by atomic mass is 10.6. The van der Waals surface area contributed by atoms with Crippen LogP contribution in [0.3, 0.4) is 0 Å². The van der Waals surface area contributed by atoms with Crippen LogP contribution in [0, 0.1) is 0 Å². The van der Waals surface area contributed by atoms with E-state index in [2.05, 4.69) is 20.9 Å². The van der Waals surface area contributed by atoms with E-state index in [1.54, 1.807) is 0 Å². The Kier molecular flexibility index (Phi) is 1.32. The molecule has 0 fully saturated rings. The van der Waals surface area contributed by atoms with Gasteiger partial charge in [0, 0.05) is 7.05 Å².